The van der Waals surface area contributed by atoms with Gasteiger partial charge in [0.25, 0.3) is 0 Å². The Morgan fingerprint density at radius 3 is 3.00 bits per heavy atom. The van der Waals surface area contributed by atoms with Gasteiger partial charge in [0.15, 0.2) is 0 Å². The highest BCUT2D eigenvalue weighted by Crippen LogP contribution is 2.23. The van der Waals surface area contributed by atoms with Crippen molar-refractivity contribution in [1.29, 1.82) is 0 Å². The minimum absolute atomic E-state index is 0.0111. The van der Waals surface area contributed by atoms with E-state index in [0.29, 0.717) is 6.54 Å². The predicted molar refractivity (Wildman–Crippen MR) is 54.6 cm³/mol. The molecule has 76 valence electrons. The van der Waals surface area contributed by atoms with Gasteiger partial charge < -0.3 is 0 Å². The number of nitrogens with zero attached hydrogens (tertiary/aromatic N) is 4. The van der Waals surface area contributed by atoms with Crippen molar-refractivity contribution in [2.75, 3.05) is 4.90 Å². The lowest BCUT2D eigenvalue weighted by molar-refractivity contribution is 0.251. The minimum Gasteiger partial charge on any atom is -0.285 e. The van der Waals surface area contributed by atoms with Crippen molar-refractivity contribution in [3.63, 3.8) is 0 Å². The maximum atomic E-state index is 11.9. The van der Waals surface area contributed by atoms with Crippen LogP contribution < -0.4 is 4.90 Å². The molecule has 2 aromatic rings. The molecule has 5 heteroatoms. The second kappa shape index (κ2) is 2.73. The predicted octanol–water partition coefficient (Wildman–Crippen LogP) is 1.21. The molecule has 0 saturated heterocycles. The van der Waals surface area contributed by atoms with Gasteiger partial charge in [-0.05, 0) is 12.1 Å². The molecule has 0 aromatic carbocycles. The molecule has 0 N–H and O–H groups in total. The summed E-state index contributed by atoms with van der Waals surface area (Å²) in [5.41, 5.74) is 1.86. The summed E-state index contributed by atoms with van der Waals surface area (Å²) >= 11 is 0. The van der Waals surface area contributed by atoms with Crippen LogP contribution in [0, 0.1) is 0 Å². The summed E-state index contributed by atoms with van der Waals surface area (Å²) in [6, 6.07) is 3.82. The van der Waals surface area contributed by atoms with Crippen LogP contribution in [0.4, 0.5) is 10.5 Å². The first-order valence-electron chi connectivity index (χ1n) is 4.72. The lowest BCUT2D eigenvalue weighted by atomic mass is 10.4. The van der Waals surface area contributed by atoms with Crippen LogP contribution in [0.3, 0.4) is 0 Å². The number of anilines is 1. The Kier molecular flexibility index (Phi) is 1.50. The summed E-state index contributed by atoms with van der Waals surface area (Å²) < 4.78 is 3.35. The maximum Gasteiger partial charge on any atom is 0.333 e. The van der Waals surface area contributed by atoms with Crippen LogP contribution in [0.5, 0.6) is 0 Å². The zero-order valence-electron chi connectivity index (χ0n) is 8.29. The van der Waals surface area contributed by atoms with Gasteiger partial charge in [-0.3, -0.25) is 14.1 Å². The molecule has 2 aromatic heterocycles. The Morgan fingerprint density at radius 1 is 1.47 bits per heavy atom. The molecular weight excluding hydrogens is 192 g/mol. The molecular formula is C10H10N4O. The van der Waals surface area contributed by atoms with E-state index in [4.69, 9.17) is 0 Å². The third kappa shape index (κ3) is 1.09. The SMILES string of the molecule is Cn1cc(N2Cc3cccn3C2=O)cn1. The number of aromatic nitrogens is 3. The number of amides is 1. The molecule has 0 aliphatic carbocycles. The van der Waals surface area contributed by atoms with Crippen molar-refractivity contribution >= 4 is 11.7 Å². The van der Waals surface area contributed by atoms with Crippen LogP contribution in [-0.2, 0) is 13.6 Å². The number of hydrogen-bond donors (Lipinski definition) is 0. The number of aryl methyl sites for hydroxylation is 1. The Labute approximate surface area is 86.5 Å². The van der Waals surface area contributed by atoms with Gasteiger partial charge in [-0.1, -0.05) is 0 Å². The normalized spacial score (nSPS) is 14.7. The van der Waals surface area contributed by atoms with Crippen LogP contribution in [-0.4, -0.2) is 20.4 Å². The van der Waals surface area contributed by atoms with Gasteiger partial charge in [0.1, 0.15) is 0 Å². The van der Waals surface area contributed by atoms with Crippen LogP contribution in [0.1, 0.15) is 5.69 Å². The highest BCUT2D eigenvalue weighted by Gasteiger charge is 2.27. The molecule has 1 aliphatic heterocycles. The first-order valence-corrected chi connectivity index (χ1v) is 4.72. The zero-order chi connectivity index (χ0) is 10.4. The van der Waals surface area contributed by atoms with Crippen LogP contribution in [0.2, 0.25) is 0 Å². The molecule has 0 bridgehead atoms. The summed E-state index contributed by atoms with van der Waals surface area (Å²) in [6.45, 7) is 0.623. The Bertz CT molecular complexity index is 525. The molecule has 15 heavy (non-hydrogen) atoms. The van der Waals surface area contributed by atoms with Gasteiger partial charge in [-0.15, -0.1) is 0 Å². The summed E-state index contributed by atoms with van der Waals surface area (Å²) in [5.74, 6) is 0. The van der Waals surface area contributed by atoms with Gasteiger partial charge >= 0.3 is 6.03 Å². The fourth-order valence-corrected chi connectivity index (χ4v) is 1.84. The van der Waals surface area contributed by atoms with E-state index in [1.54, 1.807) is 26.5 Å². The highest BCUT2D eigenvalue weighted by atomic mass is 16.2. The molecule has 1 amide bonds. The van der Waals surface area contributed by atoms with Gasteiger partial charge in [0.2, 0.25) is 0 Å². The highest BCUT2D eigenvalue weighted by molar-refractivity contribution is 5.96. The maximum absolute atomic E-state index is 11.9. The van der Waals surface area contributed by atoms with Gasteiger partial charge in [-0.25, -0.2) is 4.79 Å². The molecule has 0 unspecified atom stereocenters. The molecule has 3 rings (SSSR count). The molecule has 0 spiro atoms. The average molecular weight is 202 g/mol. The number of carbonyl (C=O) groups is 1. The summed E-state index contributed by atoms with van der Waals surface area (Å²) in [5, 5.41) is 4.06. The van der Waals surface area contributed by atoms with E-state index < -0.39 is 0 Å². The fraction of sp³-hybridized carbons (Fsp3) is 0.200. The van der Waals surface area contributed by atoms with Gasteiger partial charge in [0.05, 0.1) is 18.4 Å². The van der Waals surface area contributed by atoms with Crippen LogP contribution in [0.25, 0.3) is 0 Å². The Morgan fingerprint density at radius 2 is 2.33 bits per heavy atom. The lowest BCUT2D eigenvalue weighted by Gasteiger charge is -2.11. The van der Waals surface area contributed by atoms with Crippen molar-refractivity contribution in [3.8, 4) is 0 Å². The Hall–Kier alpha value is -2.04. The second-order valence-corrected chi connectivity index (χ2v) is 3.61. The monoisotopic (exact) mass is 202 g/mol. The molecule has 5 nitrogen and oxygen atoms in total. The largest absolute Gasteiger partial charge is 0.333 e. The smallest absolute Gasteiger partial charge is 0.285 e. The van der Waals surface area contributed by atoms with Crippen molar-refractivity contribution in [2.24, 2.45) is 7.05 Å². The summed E-state index contributed by atoms with van der Waals surface area (Å²) in [4.78, 5) is 13.6. The Balaban J connectivity index is 1.99. The average Bonchev–Trinajstić information content (AvgIpc) is 2.84. The minimum atomic E-state index is -0.0111. The van der Waals surface area contributed by atoms with E-state index in [1.165, 1.54) is 0 Å². The second-order valence-electron chi connectivity index (χ2n) is 3.61. The molecule has 1 aliphatic rings. The van der Waals surface area contributed by atoms with E-state index in [-0.39, 0.29) is 6.03 Å². The van der Waals surface area contributed by atoms with Gasteiger partial charge in [0, 0.05) is 25.1 Å². The fourth-order valence-electron chi connectivity index (χ4n) is 1.84. The van der Waals surface area contributed by atoms with E-state index in [0.717, 1.165) is 11.4 Å². The molecule has 3 heterocycles. The van der Waals surface area contributed by atoms with Crippen molar-refractivity contribution in [1.82, 2.24) is 14.3 Å². The molecule has 0 saturated carbocycles. The van der Waals surface area contributed by atoms with Crippen LogP contribution >= 0.6 is 0 Å². The van der Waals surface area contributed by atoms with Crippen molar-refractivity contribution in [3.05, 3.63) is 36.4 Å². The first-order chi connectivity index (χ1) is 7.25. The van der Waals surface area contributed by atoms with E-state index in [1.807, 2.05) is 25.4 Å². The van der Waals surface area contributed by atoms with Crippen molar-refractivity contribution < 1.29 is 4.79 Å². The third-order valence-corrected chi connectivity index (χ3v) is 2.59. The third-order valence-electron chi connectivity index (χ3n) is 2.59. The quantitative estimate of drug-likeness (QED) is 0.697. The zero-order valence-corrected chi connectivity index (χ0v) is 8.29. The first kappa shape index (κ1) is 8.28. The number of hydrogen-bond acceptors (Lipinski definition) is 2. The summed E-state index contributed by atoms with van der Waals surface area (Å²) in [6.07, 6.45) is 5.32. The summed E-state index contributed by atoms with van der Waals surface area (Å²) in [7, 11) is 1.84. The molecule has 0 radical (unpaired) electrons. The van der Waals surface area contributed by atoms with Gasteiger partial charge in [-0.2, -0.15) is 5.10 Å². The molecule has 0 fully saturated rings. The number of rotatable bonds is 1. The number of carbonyl (C=O) groups excluding carboxylic acids is 1. The van der Waals surface area contributed by atoms with E-state index in [9.17, 15) is 4.79 Å². The topological polar surface area (TPSA) is 43.1 Å². The van der Waals surface area contributed by atoms with Crippen LogP contribution in [0.15, 0.2) is 30.7 Å². The van der Waals surface area contributed by atoms with Crippen molar-refractivity contribution in [2.45, 2.75) is 6.54 Å². The van der Waals surface area contributed by atoms with E-state index in [2.05, 4.69) is 5.10 Å². The van der Waals surface area contributed by atoms with E-state index >= 15 is 0 Å². The number of fused-ring (bicyclic) bond motifs is 1. The molecule has 0 atom stereocenters. The lowest BCUT2D eigenvalue weighted by Crippen LogP contribution is -2.24. The standard InChI is InChI=1S/C10H10N4O/c1-12-6-9(5-11-12)14-7-8-3-2-4-13(8)10(14)15/h2-6H,7H2,1H3.